The molecule has 1 aromatic carbocycles. The predicted octanol–water partition coefficient (Wildman–Crippen LogP) is 2.22. The number of benzene rings is 1. The maximum atomic E-state index is 11.8. The van der Waals surface area contributed by atoms with Crippen molar-refractivity contribution in [1.82, 2.24) is 25.6 Å². The predicted molar refractivity (Wildman–Crippen MR) is 90.7 cm³/mol. The highest BCUT2D eigenvalue weighted by molar-refractivity contribution is 7.22. The maximum absolute atomic E-state index is 11.8. The molecule has 0 amide bonds. The number of nitrogens with one attached hydrogen (secondary N) is 1. The molecule has 3 rings (SSSR count). The Labute approximate surface area is 142 Å². The topological polar surface area (TPSA) is 131 Å². The normalized spacial score (nSPS) is 13.9. The number of nitrogens with two attached hydrogens (primary N) is 1. The molecule has 9 heteroatoms. The number of carbonyl (C=O) groups is 1. The number of fused-ring (bicyclic) bond motifs is 1. The Balaban J connectivity index is 2.01. The average molecular weight is 346 g/mol. The minimum Gasteiger partial charge on any atom is -0.481 e. The molecule has 2 heterocycles. The average Bonchev–Trinajstić information content (AvgIpc) is 3.19. The molecule has 0 saturated heterocycles. The van der Waals surface area contributed by atoms with Gasteiger partial charge in [0, 0.05) is 5.92 Å². The number of rotatable bonds is 7. The van der Waals surface area contributed by atoms with Crippen LogP contribution in [0.5, 0.6) is 0 Å². The minimum absolute atomic E-state index is 0.380. The lowest BCUT2D eigenvalue weighted by Crippen LogP contribution is -2.25. The summed E-state index contributed by atoms with van der Waals surface area (Å²) in [6, 6.07) is 5.83. The van der Waals surface area contributed by atoms with E-state index >= 15 is 0 Å². The fourth-order valence-electron chi connectivity index (χ4n) is 2.97. The standard InChI is InChI=1S/C15H18N6O2S/c1-2-4-9(14(22)23)10(13-18-20-21-19-13)7-8-5-3-6-11-12(8)17-15(16)24-11/h3,5-6,9-10H,2,4,7H2,1H3,(H2,16,17)(H,22,23)(H,18,19,20,21)/t9-,10-/m0/s1. The molecule has 0 aliphatic heterocycles. The van der Waals surface area contributed by atoms with Crippen molar-refractivity contribution in [2.75, 3.05) is 5.73 Å². The van der Waals surface area contributed by atoms with Crippen LogP contribution < -0.4 is 5.73 Å². The second-order valence-corrected chi connectivity index (χ2v) is 6.69. The number of carboxylic acid groups (broad SMARTS) is 1. The molecule has 24 heavy (non-hydrogen) atoms. The number of aliphatic carboxylic acids is 1. The molecule has 3 aromatic rings. The summed E-state index contributed by atoms with van der Waals surface area (Å²) in [5.74, 6) is -1.40. The summed E-state index contributed by atoms with van der Waals surface area (Å²) >= 11 is 1.42. The van der Waals surface area contributed by atoms with Crippen LogP contribution in [0.4, 0.5) is 5.13 Å². The van der Waals surface area contributed by atoms with Gasteiger partial charge in [-0.15, -0.1) is 10.2 Å². The summed E-state index contributed by atoms with van der Waals surface area (Å²) in [7, 11) is 0. The van der Waals surface area contributed by atoms with Crippen LogP contribution in [-0.2, 0) is 11.2 Å². The number of H-pyrrole nitrogens is 1. The zero-order chi connectivity index (χ0) is 17.1. The number of carboxylic acids is 1. The lowest BCUT2D eigenvalue weighted by molar-refractivity contribution is -0.142. The fraction of sp³-hybridized carbons (Fsp3) is 0.400. The third-order valence-electron chi connectivity index (χ3n) is 4.05. The lowest BCUT2D eigenvalue weighted by Gasteiger charge is -2.21. The molecular formula is C15H18N6O2S. The zero-order valence-electron chi connectivity index (χ0n) is 13.1. The van der Waals surface area contributed by atoms with Gasteiger partial charge in [-0.2, -0.15) is 5.21 Å². The maximum Gasteiger partial charge on any atom is 0.307 e. The van der Waals surface area contributed by atoms with Crippen LogP contribution >= 0.6 is 11.3 Å². The van der Waals surface area contributed by atoms with Crippen LogP contribution in [0, 0.1) is 5.92 Å². The van der Waals surface area contributed by atoms with Gasteiger partial charge in [-0.25, -0.2) is 4.98 Å². The highest BCUT2D eigenvalue weighted by Crippen LogP contribution is 2.33. The van der Waals surface area contributed by atoms with Gasteiger partial charge < -0.3 is 10.8 Å². The number of aromatic nitrogens is 5. The fourth-order valence-corrected chi connectivity index (χ4v) is 3.75. The molecule has 0 spiro atoms. The largest absolute Gasteiger partial charge is 0.481 e. The van der Waals surface area contributed by atoms with Gasteiger partial charge in [0.15, 0.2) is 11.0 Å². The SMILES string of the molecule is CCC[C@H](C(=O)O)[C@H](Cc1cccc2sc(N)nc12)c1nn[nH]n1. The minimum atomic E-state index is -0.850. The smallest absolute Gasteiger partial charge is 0.307 e. The number of nitrogens with zero attached hydrogens (tertiary/aromatic N) is 4. The van der Waals surface area contributed by atoms with Gasteiger partial charge in [-0.05, 0) is 24.5 Å². The molecule has 0 fully saturated rings. The van der Waals surface area contributed by atoms with E-state index in [-0.39, 0.29) is 5.92 Å². The van der Waals surface area contributed by atoms with E-state index in [9.17, 15) is 9.90 Å². The number of hydrogen-bond acceptors (Lipinski definition) is 7. The first kappa shape index (κ1) is 16.3. The lowest BCUT2D eigenvalue weighted by atomic mass is 9.83. The van der Waals surface area contributed by atoms with Crippen LogP contribution in [0.15, 0.2) is 18.2 Å². The van der Waals surface area contributed by atoms with Gasteiger partial charge >= 0.3 is 5.97 Å². The van der Waals surface area contributed by atoms with E-state index in [2.05, 4.69) is 25.6 Å². The van der Waals surface area contributed by atoms with Crippen molar-refractivity contribution in [2.24, 2.45) is 5.92 Å². The van der Waals surface area contributed by atoms with Crippen molar-refractivity contribution in [3.63, 3.8) is 0 Å². The van der Waals surface area contributed by atoms with Crippen molar-refractivity contribution in [3.05, 3.63) is 29.6 Å². The van der Waals surface area contributed by atoms with Gasteiger partial charge in [0.2, 0.25) is 0 Å². The molecule has 0 bridgehead atoms. The molecule has 4 N–H and O–H groups in total. The summed E-state index contributed by atoms with van der Waals surface area (Å²) in [5.41, 5.74) is 7.57. The number of para-hydroxylation sites is 1. The van der Waals surface area contributed by atoms with E-state index in [1.807, 2.05) is 25.1 Å². The molecule has 2 aromatic heterocycles. The zero-order valence-corrected chi connectivity index (χ0v) is 14.0. The highest BCUT2D eigenvalue weighted by atomic mass is 32.1. The van der Waals surface area contributed by atoms with Gasteiger partial charge in [0.05, 0.1) is 16.1 Å². The summed E-state index contributed by atoms with van der Waals surface area (Å²) in [6.45, 7) is 1.96. The number of aromatic amines is 1. The molecular weight excluding hydrogens is 328 g/mol. The van der Waals surface area contributed by atoms with Crippen molar-refractivity contribution < 1.29 is 9.90 Å². The number of tetrazole rings is 1. The van der Waals surface area contributed by atoms with Crippen molar-refractivity contribution in [2.45, 2.75) is 32.1 Å². The van der Waals surface area contributed by atoms with E-state index in [1.165, 1.54) is 11.3 Å². The Morgan fingerprint density at radius 1 is 1.46 bits per heavy atom. The number of nitrogen functional groups attached to an aromatic ring is 1. The van der Waals surface area contributed by atoms with Gasteiger partial charge in [-0.3, -0.25) is 4.79 Å². The first-order valence-electron chi connectivity index (χ1n) is 7.70. The van der Waals surface area contributed by atoms with Crippen molar-refractivity contribution >= 4 is 32.7 Å². The van der Waals surface area contributed by atoms with Gasteiger partial charge in [-0.1, -0.05) is 42.0 Å². The summed E-state index contributed by atoms with van der Waals surface area (Å²) < 4.78 is 0.985. The molecule has 0 aliphatic rings. The van der Waals surface area contributed by atoms with Crippen LogP contribution in [0.2, 0.25) is 0 Å². The van der Waals surface area contributed by atoms with Gasteiger partial charge in [0.25, 0.3) is 0 Å². The van der Waals surface area contributed by atoms with E-state index in [4.69, 9.17) is 5.73 Å². The monoisotopic (exact) mass is 346 g/mol. The quantitative estimate of drug-likeness (QED) is 0.597. The van der Waals surface area contributed by atoms with Gasteiger partial charge in [0.1, 0.15) is 0 Å². The number of hydrogen-bond donors (Lipinski definition) is 3. The van der Waals surface area contributed by atoms with Crippen LogP contribution in [0.25, 0.3) is 10.2 Å². The third kappa shape index (κ3) is 3.21. The Morgan fingerprint density at radius 3 is 2.96 bits per heavy atom. The van der Waals surface area contributed by atoms with Crippen LogP contribution in [0.1, 0.15) is 37.1 Å². The van der Waals surface area contributed by atoms with Crippen molar-refractivity contribution in [1.29, 1.82) is 0 Å². The first-order valence-corrected chi connectivity index (χ1v) is 8.51. The summed E-state index contributed by atoms with van der Waals surface area (Å²) in [6.07, 6.45) is 1.78. The number of anilines is 1. The summed E-state index contributed by atoms with van der Waals surface area (Å²) in [4.78, 5) is 16.1. The second kappa shape index (κ2) is 6.91. The van der Waals surface area contributed by atoms with Crippen molar-refractivity contribution in [3.8, 4) is 0 Å². The molecule has 0 aliphatic carbocycles. The highest BCUT2D eigenvalue weighted by Gasteiger charge is 2.32. The molecule has 0 radical (unpaired) electrons. The Kier molecular flexibility index (Phi) is 4.70. The first-order chi connectivity index (χ1) is 11.6. The second-order valence-electron chi connectivity index (χ2n) is 5.63. The summed E-state index contributed by atoms with van der Waals surface area (Å²) in [5, 5.41) is 24.2. The molecule has 0 saturated carbocycles. The van der Waals surface area contributed by atoms with E-state index < -0.39 is 11.9 Å². The Bertz CT molecular complexity index is 832. The Morgan fingerprint density at radius 2 is 2.29 bits per heavy atom. The van der Waals surface area contributed by atoms with Crippen LogP contribution in [0.3, 0.4) is 0 Å². The number of thiazole rings is 1. The molecule has 0 unspecified atom stereocenters. The van der Waals surface area contributed by atoms with Crippen LogP contribution in [-0.4, -0.2) is 36.7 Å². The van der Waals surface area contributed by atoms with E-state index in [1.54, 1.807) is 0 Å². The molecule has 8 nitrogen and oxygen atoms in total. The third-order valence-corrected chi connectivity index (χ3v) is 4.90. The van der Waals surface area contributed by atoms with E-state index in [0.29, 0.717) is 23.8 Å². The van der Waals surface area contributed by atoms with E-state index in [0.717, 1.165) is 22.2 Å². The molecule has 2 atom stereocenters. The molecule has 126 valence electrons. The Hall–Kier alpha value is -2.55.